The number of benzene rings is 2. The Balaban J connectivity index is 1.49. The first-order chi connectivity index (χ1) is 12.6. The molecule has 0 saturated carbocycles. The number of aliphatic imine (C=N–C) groups is 1. The van der Waals surface area contributed by atoms with E-state index in [4.69, 9.17) is 9.47 Å². The highest BCUT2D eigenvalue weighted by molar-refractivity contribution is 5.79. The van der Waals surface area contributed by atoms with Crippen molar-refractivity contribution in [1.29, 1.82) is 0 Å². The van der Waals surface area contributed by atoms with E-state index in [9.17, 15) is 0 Å². The minimum absolute atomic E-state index is 0.294. The predicted molar refractivity (Wildman–Crippen MR) is 103 cm³/mol. The Morgan fingerprint density at radius 1 is 0.923 bits per heavy atom. The average Bonchev–Trinajstić information content (AvgIpc) is 3.10. The van der Waals surface area contributed by atoms with Crippen molar-refractivity contribution in [3.05, 3.63) is 59.2 Å². The number of fused-ring (bicyclic) bond motifs is 1. The summed E-state index contributed by atoms with van der Waals surface area (Å²) in [6.07, 6.45) is 0. The molecule has 0 saturated heterocycles. The maximum Gasteiger partial charge on any atom is 0.231 e. The summed E-state index contributed by atoms with van der Waals surface area (Å²) in [4.78, 5) is 6.44. The molecular weight excluding hydrogens is 328 g/mol. The third-order valence-electron chi connectivity index (χ3n) is 4.10. The lowest BCUT2D eigenvalue weighted by molar-refractivity contribution is 0.174. The van der Waals surface area contributed by atoms with Gasteiger partial charge in [-0.1, -0.05) is 30.3 Å². The standard InChI is InChI=1S/C20H26N4O2/c1-21-20(22-11-15-4-6-16(7-5-15)13-24(2)3)23-12-17-8-9-18-19(10-17)26-14-25-18/h4-10H,11-14H2,1-3H3,(H2,21,22,23). The summed E-state index contributed by atoms with van der Waals surface area (Å²) in [5.74, 6) is 2.36. The van der Waals surface area contributed by atoms with Gasteiger partial charge in [-0.3, -0.25) is 4.99 Å². The van der Waals surface area contributed by atoms with Gasteiger partial charge in [0, 0.05) is 26.7 Å². The van der Waals surface area contributed by atoms with Crippen molar-refractivity contribution in [3.8, 4) is 11.5 Å². The van der Waals surface area contributed by atoms with Gasteiger partial charge in [0.1, 0.15) is 0 Å². The van der Waals surface area contributed by atoms with Crippen LogP contribution in [0.5, 0.6) is 11.5 Å². The highest BCUT2D eigenvalue weighted by atomic mass is 16.7. The number of rotatable bonds is 6. The van der Waals surface area contributed by atoms with E-state index in [0.717, 1.165) is 36.1 Å². The fraction of sp³-hybridized carbons (Fsp3) is 0.350. The maximum absolute atomic E-state index is 5.41. The minimum Gasteiger partial charge on any atom is -0.454 e. The summed E-state index contributed by atoms with van der Waals surface area (Å²) in [5, 5.41) is 6.66. The quantitative estimate of drug-likeness (QED) is 0.616. The molecule has 0 unspecified atom stereocenters. The van der Waals surface area contributed by atoms with Crippen LogP contribution >= 0.6 is 0 Å². The van der Waals surface area contributed by atoms with E-state index in [1.165, 1.54) is 11.1 Å². The van der Waals surface area contributed by atoms with Crippen LogP contribution in [0.4, 0.5) is 0 Å². The summed E-state index contributed by atoms with van der Waals surface area (Å²) in [6, 6.07) is 14.6. The van der Waals surface area contributed by atoms with Crippen LogP contribution in [0.15, 0.2) is 47.5 Å². The molecule has 0 radical (unpaired) electrons. The first-order valence-electron chi connectivity index (χ1n) is 8.69. The molecule has 6 heteroatoms. The summed E-state index contributed by atoms with van der Waals surface area (Å²) in [6.45, 7) is 2.64. The molecule has 26 heavy (non-hydrogen) atoms. The maximum atomic E-state index is 5.41. The zero-order valence-electron chi connectivity index (χ0n) is 15.6. The molecule has 0 aromatic heterocycles. The van der Waals surface area contributed by atoms with Gasteiger partial charge in [-0.25, -0.2) is 0 Å². The molecule has 2 aromatic rings. The van der Waals surface area contributed by atoms with Crippen molar-refractivity contribution in [1.82, 2.24) is 15.5 Å². The van der Waals surface area contributed by atoms with E-state index in [1.54, 1.807) is 7.05 Å². The van der Waals surface area contributed by atoms with Crippen molar-refractivity contribution >= 4 is 5.96 Å². The molecule has 0 aliphatic carbocycles. The Hall–Kier alpha value is -2.73. The third kappa shape index (κ3) is 4.89. The van der Waals surface area contributed by atoms with Crippen molar-refractivity contribution in [2.45, 2.75) is 19.6 Å². The van der Waals surface area contributed by atoms with Crippen LogP contribution in [0.25, 0.3) is 0 Å². The molecule has 1 aliphatic rings. The van der Waals surface area contributed by atoms with Crippen LogP contribution in [-0.2, 0) is 19.6 Å². The van der Waals surface area contributed by atoms with Crippen LogP contribution in [0.1, 0.15) is 16.7 Å². The van der Waals surface area contributed by atoms with E-state index in [2.05, 4.69) is 58.9 Å². The highest BCUT2D eigenvalue weighted by Gasteiger charge is 2.13. The Bertz CT molecular complexity index is 757. The topological polar surface area (TPSA) is 58.1 Å². The van der Waals surface area contributed by atoms with Gasteiger partial charge in [-0.05, 0) is 42.9 Å². The van der Waals surface area contributed by atoms with Gasteiger partial charge in [-0.2, -0.15) is 0 Å². The lowest BCUT2D eigenvalue weighted by atomic mass is 10.1. The molecule has 0 spiro atoms. The van der Waals surface area contributed by atoms with Gasteiger partial charge in [-0.15, -0.1) is 0 Å². The number of nitrogens with one attached hydrogen (secondary N) is 2. The molecule has 1 aliphatic heterocycles. The van der Waals surface area contributed by atoms with Crippen LogP contribution in [0.2, 0.25) is 0 Å². The van der Waals surface area contributed by atoms with Crippen molar-refractivity contribution < 1.29 is 9.47 Å². The number of nitrogens with zero attached hydrogens (tertiary/aromatic N) is 2. The largest absolute Gasteiger partial charge is 0.454 e. The predicted octanol–water partition coefficient (Wildman–Crippen LogP) is 2.34. The van der Waals surface area contributed by atoms with Gasteiger partial charge in [0.25, 0.3) is 0 Å². The molecule has 0 atom stereocenters. The van der Waals surface area contributed by atoms with Crippen molar-refractivity contribution in [3.63, 3.8) is 0 Å². The molecule has 2 N–H and O–H groups in total. The molecular formula is C20H26N4O2. The molecule has 1 heterocycles. The number of ether oxygens (including phenoxy) is 2. The zero-order chi connectivity index (χ0) is 18.4. The zero-order valence-corrected chi connectivity index (χ0v) is 15.6. The second-order valence-corrected chi connectivity index (χ2v) is 6.52. The Labute approximate surface area is 154 Å². The molecule has 0 amide bonds. The Kier molecular flexibility index (Phi) is 5.96. The third-order valence-corrected chi connectivity index (χ3v) is 4.10. The van der Waals surface area contributed by atoms with E-state index in [-0.39, 0.29) is 0 Å². The summed E-state index contributed by atoms with van der Waals surface area (Å²) >= 11 is 0. The minimum atomic E-state index is 0.294. The van der Waals surface area contributed by atoms with Crippen LogP contribution in [-0.4, -0.2) is 38.8 Å². The first-order valence-corrected chi connectivity index (χ1v) is 8.69. The number of guanidine groups is 1. The van der Waals surface area contributed by atoms with E-state index < -0.39 is 0 Å². The molecule has 3 rings (SSSR count). The molecule has 138 valence electrons. The number of hydrogen-bond donors (Lipinski definition) is 2. The van der Waals surface area contributed by atoms with Crippen LogP contribution < -0.4 is 20.1 Å². The summed E-state index contributed by atoms with van der Waals surface area (Å²) in [7, 11) is 5.92. The SMILES string of the molecule is CN=C(NCc1ccc(CN(C)C)cc1)NCc1ccc2c(c1)OCO2. The van der Waals surface area contributed by atoms with E-state index in [0.29, 0.717) is 13.3 Å². The Morgan fingerprint density at radius 2 is 1.54 bits per heavy atom. The van der Waals surface area contributed by atoms with Crippen molar-refractivity contribution in [2.75, 3.05) is 27.9 Å². The fourth-order valence-electron chi connectivity index (χ4n) is 2.77. The lowest BCUT2D eigenvalue weighted by Crippen LogP contribution is -2.36. The molecule has 0 fully saturated rings. The van der Waals surface area contributed by atoms with Crippen molar-refractivity contribution in [2.24, 2.45) is 4.99 Å². The van der Waals surface area contributed by atoms with Crippen LogP contribution in [0.3, 0.4) is 0 Å². The van der Waals surface area contributed by atoms with Gasteiger partial charge in [0.2, 0.25) is 6.79 Å². The van der Waals surface area contributed by atoms with Crippen LogP contribution in [0, 0.1) is 0 Å². The summed E-state index contributed by atoms with van der Waals surface area (Å²) in [5.41, 5.74) is 3.65. The van der Waals surface area contributed by atoms with Gasteiger partial charge in [0.05, 0.1) is 0 Å². The molecule has 0 bridgehead atoms. The fourth-order valence-corrected chi connectivity index (χ4v) is 2.77. The van der Waals surface area contributed by atoms with Gasteiger partial charge >= 0.3 is 0 Å². The van der Waals surface area contributed by atoms with Gasteiger partial charge in [0.15, 0.2) is 17.5 Å². The normalized spacial score (nSPS) is 13.2. The highest BCUT2D eigenvalue weighted by Crippen LogP contribution is 2.32. The summed E-state index contributed by atoms with van der Waals surface area (Å²) < 4.78 is 10.7. The average molecular weight is 354 g/mol. The Morgan fingerprint density at radius 3 is 2.23 bits per heavy atom. The monoisotopic (exact) mass is 354 g/mol. The first kappa shape index (κ1) is 18.1. The lowest BCUT2D eigenvalue weighted by Gasteiger charge is -2.13. The van der Waals surface area contributed by atoms with E-state index >= 15 is 0 Å². The second kappa shape index (κ2) is 8.58. The van der Waals surface area contributed by atoms with Gasteiger partial charge < -0.3 is 25.0 Å². The number of hydrogen-bond acceptors (Lipinski definition) is 4. The second-order valence-electron chi connectivity index (χ2n) is 6.52. The molecule has 2 aromatic carbocycles. The molecule has 6 nitrogen and oxygen atoms in total. The van der Waals surface area contributed by atoms with E-state index in [1.807, 2.05) is 18.2 Å². The smallest absolute Gasteiger partial charge is 0.231 e.